The standard InChI is InChI=1S/C19H25N5O5/c1-6-16(25)20-14(18(27)29-19(2,3)4)11-15-21-23-24(22-15)13-9-7-12(8-10-13)17(26)28-5/h7-10,14H,6,11H2,1-5H3,(H,20,25)/t14-/m0/s1. The fraction of sp³-hybridized carbons (Fsp3) is 0.474. The molecule has 156 valence electrons. The smallest absolute Gasteiger partial charge is 0.337 e. The van der Waals surface area contributed by atoms with E-state index in [1.165, 1.54) is 11.9 Å². The first kappa shape index (κ1) is 22.0. The molecule has 0 bridgehead atoms. The summed E-state index contributed by atoms with van der Waals surface area (Å²) in [7, 11) is 1.31. The zero-order valence-electron chi connectivity index (χ0n) is 17.1. The maximum atomic E-state index is 12.5. The number of amides is 1. The number of carbonyl (C=O) groups excluding carboxylic acids is 3. The first-order valence-electron chi connectivity index (χ1n) is 9.12. The zero-order valence-corrected chi connectivity index (χ0v) is 17.1. The largest absolute Gasteiger partial charge is 0.465 e. The molecule has 1 aromatic heterocycles. The summed E-state index contributed by atoms with van der Waals surface area (Å²) in [5.41, 5.74) is 0.269. The van der Waals surface area contributed by atoms with E-state index < -0.39 is 23.6 Å². The Hall–Kier alpha value is -3.30. The Labute approximate surface area is 168 Å². The molecule has 1 N–H and O–H groups in total. The van der Waals surface area contributed by atoms with Gasteiger partial charge in [0.25, 0.3) is 0 Å². The summed E-state index contributed by atoms with van der Waals surface area (Å²) in [5.74, 6) is -1.05. The van der Waals surface area contributed by atoms with Gasteiger partial charge < -0.3 is 14.8 Å². The van der Waals surface area contributed by atoms with E-state index in [2.05, 4.69) is 25.5 Å². The van der Waals surface area contributed by atoms with Crippen molar-refractivity contribution in [2.75, 3.05) is 7.11 Å². The summed E-state index contributed by atoms with van der Waals surface area (Å²) >= 11 is 0. The molecule has 0 aliphatic heterocycles. The molecular formula is C19H25N5O5. The minimum absolute atomic E-state index is 0.0287. The number of ether oxygens (including phenoxy) is 2. The Morgan fingerprint density at radius 2 is 1.83 bits per heavy atom. The lowest BCUT2D eigenvalue weighted by atomic mass is 10.1. The van der Waals surface area contributed by atoms with E-state index in [4.69, 9.17) is 4.74 Å². The van der Waals surface area contributed by atoms with Crippen molar-refractivity contribution in [1.29, 1.82) is 0 Å². The number of methoxy groups -OCH3 is 1. The molecule has 10 nitrogen and oxygen atoms in total. The van der Waals surface area contributed by atoms with Crippen LogP contribution in [-0.4, -0.2) is 56.8 Å². The summed E-state index contributed by atoms with van der Waals surface area (Å²) in [6.45, 7) is 6.93. The number of rotatable bonds is 7. The van der Waals surface area contributed by atoms with Gasteiger partial charge in [0.2, 0.25) is 5.91 Å². The van der Waals surface area contributed by atoms with Crippen LogP contribution in [0.2, 0.25) is 0 Å². The van der Waals surface area contributed by atoms with E-state index in [0.717, 1.165) is 0 Å². The van der Waals surface area contributed by atoms with Crippen LogP contribution >= 0.6 is 0 Å². The monoisotopic (exact) mass is 403 g/mol. The second-order valence-corrected chi connectivity index (χ2v) is 7.24. The highest BCUT2D eigenvalue weighted by atomic mass is 16.6. The quantitative estimate of drug-likeness (QED) is 0.684. The molecule has 0 unspecified atom stereocenters. The summed E-state index contributed by atoms with van der Waals surface area (Å²) in [5, 5.41) is 14.8. The molecule has 1 atom stereocenters. The molecule has 2 rings (SSSR count). The van der Waals surface area contributed by atoms with Crippen molar-refractivity contribution in [1.82, 2.24) is 25.5 Å². The summed E-state index contributed by atoms with van der Waals surface area (Å²) in [4.78, 5) is 37.0. The molecule has 1 heterocycles. The third-order valence-corrected chi connectivity index (χ3v) is 3.71. The Balaban J connectivity index is 2.16. The van der Waals surface area contributed by atoms with Gasteiger partial charge in [-0.1, -0.05) is 6.92 Å². The maximum Gasteiger partial charge on any atom is 0.337 e. The molecule has 0 aliphatic rings. The average Bonchev–Trinajstić information content (AvgIpc) is 3.14. The molecule has 0 spiro atoms. The first-order chi connectivity index (χ1) is 13.6. The SMILES string of the molecule is CCC(=O)N[C@@H](Cc1nnn(-c2ccc(C(=O)OC)cc2)n1)C(=O)OC(C)(C)C. The van der Waals surface area contributed by atoms with Gasteiger partial charge in [-0.05, 0) is 50.3 Å². The molecule has 0 saturated carbocycles. The number of tetrazole rings is 1. The summed E-state index contributed by atoms with van der Waals surface area (Å²) in [6.07, 6.45) is 0.257. The van der Waals surface area contributed by atoms with Crippen LogP contribution in [0.5, 0.6) is 0 Å². The third kappa shape index (κ3) is 6.37. The molecule has 1 aromatic carbocycles. The lowest BCUT2D eigenvalue weighted by Gasteiger charge is -2.23. The highest BCUT2D eigenvalue weighted by molar-refractivity contribution is 5.89. The van der Waals surface area contributed by atoms with Crippen molar-refractivity contribution in [3.05, 3.63) is 35.7 Å². The molecule has 1 amide bonds. The van der Waals surface area contributed by atoms with E-state index in [1.807, 2.05) is 0 Å². The Morgan fingerprint density at radius 3 is 2.38 bits per heavy atom. The van der Waals surface area contributed by atoms with Crippen LogP contribution in [-0.2, 0) is 25.5 Å². The molecular weight excluding hydrogens is 378 g/mol. The predicted octanol–water partition coefficient (Wildman–Crippen LogP) is 1.23. The fourth-order valence-corrected chi connectivity index (χ4v) is 2.33. The molecule has 2 aromatic rings. The van der Waals surface area contributed by atoms with E-state index in [1.54, 1.807) is 52.0 Å². The van der Waals surface area contributed by atoms with Crippen molar-refractivity contribution in [3.63, 3.8) is 0 Å². The van der Waals surface area contributed by atoms with Gasteiger partial charge in [-0.25, -0.2) is 9.59 Å². The highest BCUT2D eigenvalue weighted by Crippen LogP contribution is 2.12. The molecule has 0 fully saturated rings. The van der Waals surface area contributed by atoms with Crippen molar-refractivity contribution >= 4 is 17.8 Å². The van der Waals surface area contributed by atoms with Crippen LogP contribution in [0.1, 0.15) is 50.3 Å². The van der Waals surface area contributed by atoms with Gasteiger partial charge in [-0.15, -0.1) is 15.0 Å². The number of hydrogen-bond acceptors (Lipinski definition) is 8. The second-order valence-electron chi connectivity index (χ2n) is 7.24. The number of hydrogen-bond donors (Lipinski definition) is 1. The normalized spacial score (nSPS) is 12.2. The van der Waals surface area contributed by atoms with Gasteiger partial charge >= 0.3 is 11.9 Å². The Kier molecular flexibility index (Phi) is 7.03. The number of carbonyl (C=O) groups is 3. The Bertz CT molecular complexity index is 870. The third-order valence-electron chi connectivity index (χ3n) is 3.71. The number of benzene rings is 1. The minimum atomic E-state index is -0.930. The molecule has 10 heteroatoms. The zero-order chi connectivity index (χ0) is 21.6. The number of esters is 2. The van der Waals surface area contributed by atoms with Crippen LogP contribution in [0.3, 0.4) is 0 Å². The van der Waals surface area contributed by atoms with E-state index in [-0.39, 0.29) is 24.6 Å². The van der Waals surface area contributed by atoms with Crippen molar-refractivity contribution in [2.24, 2.45) is 0 Å². The second kappa shape index (κ2) is 9.26. The number of aromatic nitrogens is 4. The first-order valence-corrected chi connectivity index (χ1v) is 9.12. The fourth-order valence-electron chi connectivity index (χ4n) is 2.33. The molecule has 0 aliphatic carbocycles. The summed E-state index contributed by atoms with van der Waals surface area (Å²) in [6, 6.07) is 5.51. The van der Waals surface area contributed by atoms with Crippen LogP contribution in [0.15, 0.2) is 24.3 Å². The van der Waals surface area contributed by atoms with Gasteiger partial charge in [0.1, 0.15) is 11.6 Å². The van der Waals surface area contributed by atoms with Crippen molar-refractivity contribution < 1.29 is 23.9 Å². The van der Waals surface area contributed by atoms with Gasteiger partial charge in [0.15, 0.2) is 5.82 Å². The van der Waals surface area contributed by atoms with E-state index in [9.17, 15) is 14.4 Å². The van der Waals surface area contributed by atoms with E-state index >= 15 is 0 Å². The Morgan fingerprint density at radius 1 is 1.17 bits per heavy atom. The lowest BCUT2D eigenvalue weighted by Crippen LogP contribution is -2.45. The topological polar surface area (TPSA) is 125 Å². The van der Waals surface area contributed by atoms with Crippen LogP contribution in [0.4, 0.5) is 0 Å². The van der Waals surface area contributed by atoms with Crippen molar-refractivity contribution in [2.45, 2.75) is 52.2 Å². The lowest BCUT2D eigenvalue weighted by molar-refractivity contribution is -0.158. The molecule has 0 radical (unpaired) electrons. The predicted molar refractivity (Wildman–Crippen MR) is 102 cm³/mol. The van der Waals surface area contributed by atoms with E-state index in [0.29, 0.717) is 11.3 Å². The molecule has 0 saturated heterocycles. The van der Waals surface area contributed by atoms with Crippen molar-refractivity contribution in [3.8, 4) is 5.69 Å². The van der Waals surface area contributed by atoms with Gasteiger partial charge in [-0.3, -0.25) is 4.79 Å². The van der Waals surface area contributed by atoms with Gasteiger partial charge in [-0.2, -0.15) is 0 Å². The molecule has 29 heavy (non-hydrogen) atoms. The van der Waals surface area contributed by atoms with Crippen LogP contribution in [0.25, 0.3) is 5.69 Å². The average molecular weight is 403 g/mol. The van der Waals surface area contributed by atoms with Gasteiger partial charge in [0.05, 0.1) is 18.4 Å². The number of nitrogens with one attached hydrogen (secondary N) is 1. The maximum absolute atomic E-state index is 12.5. The minimum Gasteiger partial charge on any atom is -0.465 e. The van der Waals surface area contributed by atoms with Gasteiger partial charge in [0, 0.05) is 12.8 Å². The van der Waals surface area contributed by atoms with Crippen LogP contribution < -0.4 is 5.32 Å². The number of nitrogens with zero attached hydrogens (tertiary/aromatic N) is 4. The highest BCUT2D eigenvalue weighted by Gasteiger charge is 2.28. The summed E-state index contributed by atoms with van der Waals surface area (Å²) < 4.78 is 10.0. The van der Waals surface area contributed by atoms with Crippen LogP contribution in [0, 0.1) is 0 Å².